The Balaban J connectivity index is 1.47. The van der Waals surface area contributed by atoms with Crippen molar-refractivity contribution in [1.29, 1.82) is 0 Å². The van der Waals surface area contributed by atoms with Crippen LogP contribution in [0.2, 0.25) is 0 Å². The number of carbonyl (C=O) groups excluding carboxylic acids is 4. The molecule has 4 amide bonds. The van der Waals surface area contributed by atoms with E-state index in [2.05, 4.69) is 27.5 Å². The number of nitrogens with one attached hydrogen (secondary N) is 2. The van der Waals surface area contributed by atoms with E-state index in [1.165, 1.54) is 21.9 Å². The molecular weight excluding hydrogens is 626 g/mol. The maximum absolute atomic E-state index is 14.7. The summed E-state index contributed by atoms with van der Waals surface area (Å²) in [4.78, 5) is 55.6. The minimum Gasteiger partial charge on any atom is -0.384 e. The fourth-order valence-electron chi connectivity index (χ4n) is 7.11. The largest absolute Gasteiger partial charge is 0.384 e. The quantitative estimate of drug-likeness (QED) is 0.171. The van der Waals surface area contributed by atoms with E-state index in [4.69, 9.17) is 5.73 Å². The van der Waals surface area contributed by atoms with Crippen LogP contribution in [-0.2, 0) is 20.0 Å². The summed E-state index contributed by atoms with van der Waals surface area (Å²) in [6, 6.07) is 9.49. The highest BCUT2D eigenvalue weighted by Gasteiger charge is 2.45. The van der Waals surface area contributed by atoms with Crippen LogP contribution in [0.4, 0.5) is 0 Å². The normalized spacial score (nSPS) is 20.4. The molecule has 2 fully saturated rings. The van der Waals surface area contributed by atoms with E-state index < -0.39 is 59.5 Å². The summed E-state index contributed by atoms with van der Waals surface area (Å²) in [7, 11) is 0. The molecule has 0 bridgehead atoms. The van der Waals surface area contributed by atoms with E-state index in [1.54, 1.807) is 26.0 Å². The number of aromatic nitrogens is 3. The van der Waals surface area contributed by atoms with Gasteiger partial charge in [-0.3, -0.25) is 19.2 Å². The van der Waals surface area contributed by atoms with Gasteiger partial charge >= 0.3 is 0 Å². The monoisotopic (exact) mass is 673 g/mol. The highest BCUT2D eigenvalue weighted by atomic mass is 16.3. The smallest absolute Gasteiger partial charge is 0.251 e. The molecule has 5 rings (SSSR count). The zero-order chi connectivity index (χ0) is 35.3. The first-order valence-corrected chi connectivity index (χ1v) is 17.0. The Morgan fingerprint density at radius 1 is 1.08 bits per heavy atom. The van der Waals surface area contributed by atoms with Gasteiger partial charge in [-0.2, -0.15) is 0 Å². The number of hydrogen-bond acceptors (Lipinski definition) is 8. The molecule has 1 saturated carbocycles. The lowest BCUT2D eigenvalue weighted by molar-refractivity contribution is -0.141. The van der Waals surface area contributed by atoms with Crippen LogP contribution in [0.1, 0.15) is 87.3 Å². The van der Waals surface area contributed by atoms with E-state index in [0.717, 1.165) is 42.9 Å². The van der Waals surface area contributed by atoms with E-state index in [9.17, 15) is 29.4 Å². The number of benzene rings is 2. The van der Waals surface area contributed by atoms with Gasteiger partial charge in [-0.25, -0.2) is 4.68 Å². The van der Waals surface area contributed by atoms with Crippen LogP contribution < -0.4 is 16.4 Å². The number of aliphatic hydroxyl groups is 2. The summed E-state index contributed by atoms with van der Waals surface area (Å²) in [6.07, 6.45) is 6.85. The maximum Gasteiger partial charge on any atom is 0.251 e. The molecule has 1 aliphatic heterocycles. The van der Waals surface area contributed by atoms with Crippen molar-refractivity contribution in [3.05, 3.63) is 72.6 Å². The maximum atomic E-state index is 14.7. The molecule has 13 nitrogen and oxygen atoms in total. The number of amides is 4. The number of fused-ring (bicyclic) bond motifs is 1. The molecule has 3 unspecified atom stereocenters. The summed E-state index contributed by atoms with van der Waals surface area (Å²) < 4.78 is 1.52. The van der Waals surface area contributed by atoms with Crippen LogP contribution in [0, 0.1) is 5.92 Å². The lowest BCUT2D eigenvalue weighted by Gasteiger charge is -2.32. The lowest BCUT2D eigenvalue weighted by Crippen LogP contribution is -2.57. The Hall–Kier alpha value is -4.62. The van der Waals surface area contributed by atoms with Gasteiger partial charge in [0.05, 0.1) is 24.0 Å². The third kappa shape index (κ3) is 8.34. The van der Waals surface area contributed by atoms with Crippen LogP contribution in [0.3, 0.4) is 0 Å². The molecule has 1 aromatic heterocycles. The molecule has 1 aliphatic carbocycles. The first-order chi connectivity index (χ1) is 23.4. The van der Waals surface area contributed by atoms with Crippen LogP contribution in [0.15, 0.2) is 61.3 Å². The summed E-state index contributed by atoms with van der Waals surface area (Å²) in [5.41, 5.74) is 4.86. The number of likely N-dealkylation sites (tertiary alicyclic amines) is 1. The van der Waals surface area contributed by atoms with E-state index in [0.29, 0.717) is 17.7 Å². The lowest BCUT2D eigenvalue weighted by atomic mass is 9.84. The molecule has 2 aliphatic rings. The van der Waals surface area contributed by atoms with Crippen molar-refractivity contribution in [1.82, 2.24) is 30.5 Å². The number of primary amides is 1. The number of hydrogen-bond donors (Lipinski definition) is 5. The van der Waals surface area contributed by atoms with Gasteiger partial charge in [0.1, 0.15) is 17.7 Å². The number of nitrogens with two attached hydrogens (primary N) is 1. The molecule has 0 spiro atoms. The molecule has 0 radical (unpaired) electrons. The summed E-state index contributed by atoms with van der Waals surface area (Å²) in [5.74, 6) is -2.23. The topological polar surface area (TPSA) is 193 Å². The molecule has 5 atom stereocenters. The van der Waals surface area contributed by atoms with Gasteiger partial charge in [-0.05, 0) is 55.5 Å². The first kappa shape index (κ1) is 35.7. The Morgan fingerprint density at radius 3 is 2.47 bits per heavy atom. The van der Waals surface area contributed by atoms with Crippen molar-refractivity contribution in [2.45, 2.75) is 101 Å². The minimum absolute atomic E-state index is 0.0425. The van der Waals surface area contributed by atoms with Crippen LogP contribution in [-0.4, -0.2) is 84.5 Å². The second-order valence-corrected chi connectivity index (χ2v) is 13.8. The minimum atomic E-state index is -1.68. The third-order valence-electron chi connectivity index (χ3n) is 9.74. The summed E-state index contributed by atoms with van der Waals surface area (Å²) >= 11 is 0. The molecule has 2 heterocycles. The van der Waals surface area contributed by atoms with Gasteiger partial charge in [-0.1, -0.05) is 73.7 Å². The molecule has 2 aromatic carbocycles. The second kappa shape index (κ2) is 15.3. The third-order valence-corrected chi connectivity index (χ3v) is 9.74. The van der Waals surface area contributed by atoms with Gasteiger partial charge in [-0.15, -0.1) is 11.7 Å². The van der Waals surface area contributed by atoms with E-state index in [1.807, 2.05) is 30.3 Å². The number of carbonyl (C=O) groups is 4. The average molecular weight is 674 g/mol. The van der Waals surface area contributed by atoms with Crippen molar-refractivity contribution in [2.75, 3.05) is 6.54 Å². The summed E-state index contributed by atoms with van der Waals surface area (Å²) in [5, 5.41) is 37.0. The van der Waals surface area contributed by atoms with E-state index in [-0.39, 0.29) is 25.3 Å². The van der Waals surface area contributed by atoms with Crippen LogP contribution >= 0.6 is 0 Å². The Bertz CT molecular complexity index is 1680. The van der Waals surface area contributed by atoms with Gasteiger partial charge in [0.15, 0.2) is 6.10 Å². The Morgan fingerprint density at radius 2 is 1.80 bits per heavy atom. The van der Waals surface area contributed by atoms with Gasteiger partial charge in [0, 0.05) is 18.5 Å². The Labute approximate surface area is 285 Å². The van der Waals surface area contributed by atoms with Crippen LogP contribution in [0.25, 0.3) is 10.8 Å². The van der Waals surface area contributed by atoms with Crippen molar-refractivity contribution >= 4 is 34.4 Å². The molecule has 262 valence electrons. The zero-order valence-electron chi connectivity index (χ0n) is 28.1. The zero-order valence-corrected chi connectivity index (χ0v) is 28.1. The fourth-order valence-corrected chi connectivity index (χ4v) is 7.11. The molecule has 3 aromatic rings. The number of aliphatic hydroxyl groups excluding tert-OH is 1. The van der Waals surface area contributed by atoms with Crippen molar-refractivity contribution in [3.63, 3.8) is 0 Å². The highest BCUT2D eigenvalue weighted by Crippen LogP contribution is 2.33. The molecule has 6 N–H and O–H groups in total. The molecule has 49 heavy (non-hydrogen) atoms. The predicted molar refractivity (Wildman–Crippen MR) is 183 cm³/mol. The second-order valence-electron chi connectivity index (χ2n) is 13.8. The number of rotatable bonds is 13. The van der Waals surface area contributed by atoms with Gasteiger partial charge in [0.2, 0.25) is 17.7 Å². The van der Waals surface area contributed by atoms with Crippen LogP contribution in [0.5, 0.6) is 0 Å². The molecular formula is C36H47N7O6. The van der Waals surface area contributed by atoms with Crippen molar-refractivity contribution in [3.8, 4) is 0 Å². The SMILES string of the molecule is C=CCC(NC(=O)[C@@H]1C[C@H](n2nncc2C(C)(C)O)CN1C(=O)C(CC1CCCCC1)NC(=O)c1ccc2ccccc2c1)C(O)C(N)=O. The molecule has 1 saturated heterocycles. The molecule has 13 heteroatoms. The van der Waals surface area contributed by atoms with Crippen molar-refractivity contribution in [2.24, 2.45) is 11.7 Å². The van der Waals surface area contributed by atoms with Gasteiger partial charge in [0.25, 0.3) is 5.91 Å². The average Bonchev–Trinajstić information content (AvgIpc) is 3.76. The Kier molecular flexibility index (Phi) is 11.1. The highest BCUT2D eigenvalue weighted by molar-refractivity contribution is 6.01. The standard InChI is InChI=1S/C36H47N7O6/c1-4-10-27(31(44)32(37)45)39-34(47)29-19-26(43-30(20-38-41-43)36(2,3)49)21-42(29)35(48)28(17-22-11-6-5-7-12-22)40-33(46)25-16-15-23-13-8-9-14-24(23)18-25/h4,8-9,13-16,18,20,22,26-29,31,44,49H,1,5-7,10-12,17,19,21H2,2-3H3,(H2,37,45)(H,39,47)(H,40,46)/t26-,27?,28?,29-,31?/m0/s1. The van der Waals surface area contributed by atoms with Crippen molar-refractivity contribution < 1.29 is 29.4 Å². The first-order valence-electron chi connectivity index (χ1n) is 17.0. The summed E-state index contributed by atoms with van der Waals surface area (Å²) in [6.45, 7) is 6.89. The van der Waals surface area contributed by atoms with E-state index >= 15 is 0 Å². The fraction of sp³-hybridized carbons (Fsp3) is 0.500. The van der Waals surface area contributed by atoms with Gasteiger partial charge < -0.3 is 31.5 Å². The predicted octanol–water partition coefficient (Wildman–Crippen LogP) is 2.48. The number of nitrogens with zero attached hydrogens (tertiary/aromatic N) is 4.